The van der Waals surface area contributed by atoms with Crippen LogP contribution in [-0.2, 0) is 6.42 Å². The van der Waals surface area contributed by atoms with E-state index in [4.69, 9.17) is 10.2 Å². The van der Waals surface area contributed by atoms with Gasteiger partial charge in [0.1, 0.15) is 5.82 Å². The minimum Gasteiger partial charge on any atom is -0.476 e. The van der Waals surface area contributed by atoms with Gasteiger partial charge >= 0.3 is 5.97 Å². The number of hydrogen-bond acceptors (Lipinski definition) is 3. The van der Waals surface area contributed by atoms with Crippen LogP contribution in [0.5, 0.6) is 0 Å². The molecule has 1 heterocycles. The highest BCUT2D eigenvalue weighted by atomic mass is 79.9. The number of carbonyl (C=O) groups is 1. The third-order valence-electron chi connectivity index (χ3n) is 2.86. The number of hydrogen-bond donors (Lipinski definition) is 2. The molecule has 0 saturated heterocycles. The summed E-state index contributed by atoms with van der Waals surface area (Å²) in [6.45, 7) is 1.59. The number of nitrogens with zero attached hydrogens (tertiary/aromatic N) is 2. The molecular formula is C13H12BrFN2O3. The quantitative estimate of drug-likeness (QED) is 0.893. The summed E-state index contributed by atoms with van der Waals surface area (Å²) in [7, 11) is 0. The fourth-order valence-electron chi connectivity index (χ4n) is 1.90. The van der Waals surface area contributed by atoms with Crippen LogP contribution in [0.25, 0.3) is 5.69 Å². The number of benzene rings is 1. The molecule has 1 aromatic carbocycles. The molecule has 7 heteroatoms. The zero-order valence-corrected chi connectivity index (χ0v) is 12.2. The maximum Gasteiger partial charge on any atom is 0.356 e. The zero-order chi connectivity index (χ0) is 14.9. The van der Waals surface area contributed by atoms with E-state index in [0.717, 1.165) is 5.56 Å². The Morgan fingerprint density at radius 2 is 2.20 bits per heavy atom. The van der Waals surface area contributed by atoms with E-state index in [0.29, 0.717) is 15.7 Å². The number of aliphatic hydroxyl groups is 1. The zero-order valence-electron chi connectivity index (χ0n) is 10.6. The minimum atomic E-state index is -1.18. The lowest BCUT2D eigenvalue weighted by Gasteiger charge is -2.07. The summed E-state index contributed by atoms with van der Waals surface area (Å²) in [5.74, 6) is -1.64. The van der Waals surface area contributed by atoms with Crippen molar-refractivity contribution in [1.82, 2.24) is 9.78 Å². The van der Waals surface area contributed by atoms with Gasteiger partial charge in [0.05, 0.1) is 10.2 Å². The van der Waals surface area contributed by atoms with E-state index < -0.39 is 11.8 Å². The second kappa shape index (κ2) is 5.72. The largest absolute Gasteiger partial charge is 0.476 e. The van der Waals surface area contributed by atoms with Gasteiger partial charge in [-0.2, -0.15) is 5.10 Å². The van der Waals surface area contributed by atoms with Crippen molar-refractivity contribution in [2.45, 2.75) is 13.3 Å². The molecule has 1 aromatic heterocycles. The molecule has 0 aliphatic carbocycles. The topological polar surface area (TPSA) is 75.4 Å². The lowest BCUT2D eigenvalue weighted by atomic mass is 10.2. The Morgan fingerprint density at radius 1 is 1.50 bits per heavy atom. The van der Waals surface area contributed by atoms with Crippen molar-refractivity contribution in [2.75, 3.05) is 6.61 Å². The fourth-order valence-corrected chi connectivity index (χ4v) is 2.36. The first kappa shape index (κ1) is 14.7. The summed E-state index contributed by atoms with van der Waals surface area (Å²) in [6, 6.07) is 2.87. The average Bonchev–Trinajstić information content (AvgIpc) is 2.78. The summed E-state index contributed by atoms with van der Waals surface area (Å²) in [6.07, 6.45) is 1.68. The molecule has 2 N–H and O–H groups in total. The number of carboxylic acid groups (broad SMARTS) is 1. The van der Waals surface area contributed by atoms with Crippen molar-refractivity contribution >= 4 is 21.9 Å². The van der Waals surface area contributed by atoms with Crippen LogP contribution >= 0.6 is 15.9 Å². The number of halogens is 2. The molecule has 0 unspecified atom stereocenters. The SMILES string of the molecule is Cc1cc(Br)c(F)cc1-n1cc(CCO)c(C(=O)O)n1. The Morgan fingerprint density at radius 3 is 2.80 bits per heavy atom. The van der Waals surface area contributed by atoms with Gasteiger partial charge in [0, 0.05) is 24.4 Å². The summed E-state index contributed by atoms with van der Waals surface area (Å²) >= 11 is 3.09. The van der Waals surface area contributed by atoms with E-state index in [1.165, 1.54) is 16.9 Å². The monoisotopic (exact) mass is 342 g/mol. The summed E-state index contributed by atoms with van der Waals surface area (Å²) in [5, 5.41) is 22.0. The molecule has 0 atom stereocenters. The number of aromatic carboxylic acids is 1. The van der Waals surface area contributed by atoms with Gasteiger partial charge in [-0.25, -0.2) is 13.9 Å². The van der Waals surface area contributed by atoms with Crippen LogP contribution in [0.4, 0.5) is 4.39 Å². The molecule has 0 aliphatic rings. The smallest absolute Gasteiger partial charge is 0.356 e. The highest BCUT2D eigenvalue weighted by Crippen LogP contribution is 2.23. The van der Waals surface area contributed by atoms with Crippen LogP contribution in [0.3, 0.4) is 0 Å². The molecule has 0 radical (unpaired) electrons. The Kier molecular flexibility index (Phi) is 4.20. The van der Waals surface area contributed by atoms with Crippen LogP contribution < -0.4 is 0 Å². The van der Waals surface area contributed by atoms with Gasteiger partial charge in [0.2, 0.25) is 0 Å². The molecular weight excluding hydrogens is 331 g/mol. The minimum absolute atomic E-state index is 0.137. The number of carboxylic acids is 1. The molecule has 2 rings (SSSR count). The second-order valence-electron chi connectivity index (χ2n) is 4.28. The Labute approximate surface area is 122 Å². The Bertz CT molecular complexity index is 670. The molecule has 106 valence electrons. The third-order valence-corrected chi connectivity index (χ3v) is 3.47. The number of aliphatic hydroxyl groups excluding tert-OH is 1. The van der Waals surface area contributed by atoms with E-state index in [1.54, 1.807) is 13.0 Å². The van der Waals surface area contributed by atoms with Crippen LogP contribution in [0.2, 0.25) is 0 Å². The molecule has 0 amide bonds. The van der Waals surface area contributed by atoms with Crippen molar-refractivity contribution in [1.29, 1.82) is 0 Å². The van der Waals surface area contributed by atoms with Crippen LogP contribution in [0, 0.1) is 12.7 Å². The van der Waals surface area contributed by atoms with Gasteiger partial charge < -0.3 is 10.2 Å². The lowest BCUT2D eigenvalue weighted by molar-refractivity contribution is 0.0688. The standard InChI is InChI=1S/C13H12BrFN2O3/c1-7-4-9(14)10(15)5-11(7)17-6-8(2-3-18)12(16-17)13(19)20/h4-6,18H,2-3H2,1H3,(H,19,20). The van der Waals surface area contributed by atoms with Crippen molar-refractivity contribution < 1.29 is 19.4 Å². The van der Waals surface area contributed by atoms with Gasteiger partial charge in [-0.15, -0.1) is 0 Å². The van der Waals surface area contributed by atoms with Gasteiger partial charge in [-0.3, -0.25) is 0 Å². The lowest BCUT2D eigenvalue weighted by Crippen LogP contribution is -2.04. The molecule has 0 bridgehead atoms. The number of aromatic nitrogens is 2. The fraction of sp³-hybridized carbons (Fsp3) is 0.231. The molecule has 0 aliphatic heterocycles. The molecule has 2 aromatic rings. The van der Waals surface area contributed by atoms with Crippen molar-refractivity contribution in [3.8, 4) is 5.69 Å². The van der Waals surface area contributed by atoms with E-state index in [-0.39, 0.29) is 18.7 Å². The van der Waals surface area contributed by atoms with E-state index in [1.807, 2.05) is 0 Å². The van der Waals surface area contributed by atoms with Gasteiger partial charge in [0.15, 0.2) is 5.69 Å². The highest BCUT2D eigenvalue weighted by Gasteiger charge is 2.17. The average molecular weight is 343 g/mol. The predicted octanol–water partition coefficient (Wildman–Crippen LogP) is 2.32. The van der Waals surface area contributed by atoms with Gasteiger partial charge in [0.25, 0.3) is 0 Å². The molecule has 20 heavy (non-hydrogen) atoms. The first-order valence-corrected chi connectivity index (χ1v) is 6.62. The predicted molar refractivity (Wildman–Crippen MR) is 73.7 cm³/mol. The maximum atomic E-state index is 13.6. The van der Waals surface area contributed by atoms with Crippen LogP contribution in [0.1, 0.15) is 21.6 Å². The number of rotatable bonds is 4. The van der Waals surface area contributed by atoms with Crippen molar-refractivity contribution in [2.24, 2.45) is 0 Å². The van der Waals surface area contributed by atoms with E-state index >= 15 is 0 Å². The van der Waals surface area contributed by atoms with E-state index in [9.17, 15) is 9.18 Å². The summed E-state index contributed by atoms with van der Waals surface area (Å²) in [4.78, 5) is 11.1. The van der Waals surface area contributed by atoms with Crippen LogP contribution in [0.15, 0.2) is 22.8 Å². The Balaban J connectivity index is 2.56. The van der Waals surface area contributed by atoms with Gasteiger partial charge in [-0.05, 0) is 40.9 Å². The molecule has 0 spiro atoms. The van der Waals surface area contributed by atoms with Crippen LogP contribution in [-0.4, -0.2) is 32.6 Å². The first-order chi connectivity index (χ1) is 9.43. The maximum absolute atomic E-state index is 13.6. The first-order valence-electron chi connectivity index (χ1n) is 5.82. The van der Waals surface area contributed by atoms with Crippen molar-refractivity contribution in [3.63, 3.8) is 0 Å². The summed E-state index contributed by atoms with van der Waals surface area (Å²) < 4.78 is 15.3. The second-order valence-corrected chi connectivity index (χ2v) is 5.13. The summed E-state index contributed by atoms with van der Waals surface area (Å²) in [5.41, 5.74) is 1.47. The third kappa shape index (κ3) is 2.73. The number of aryl methyl sites for hydroxylation is 1. The molecule has 0 saturated carbocycles. The van der Waals surface area contributed by atoms with Gasteiger partial charge in [-0.1, -0.05) is 0 Å². The Hall–Kier alpha value is -1.73. The molecule has 0 fully saturated rings. The highest BCUT2D eigenvalue weighted by molar-refractivity contribution is 9.10. The van der Waals surface area contributed by atoms with Crippen molar-refractivity contribution in [3.05, 3.63) is 45.4 Å². The molecule has 5 nitrogen and oxygen atoms in total. The normalized spacial score (nSPS) is 10.8. The van der Waals surface area contributed by atoms with E-state index in [2.05, 4.69) is 21.0 Å².